The number of nitrogens with zero attached hydrogens (tertiary/aromatic N) is 2. The van der Waals surface area contributed by atoms with Crippen LogP contribution < -0.4 is 16.0 Å². The molecule has 1 aliphatic heterocycles. The second-order valence-electron chi connectivity index (χ2n) is 11.3. The number of piperidine rings is 1. The molecule has 1 atom stereocenters. The Bertz CT molecular complexity index is 1010. The zero-order valence-electron chi connectivity index (χ0n) is 24.4. The molecular formula is C29H46N4O5S. The highest BCUT2D eigenvalue weighted by molar-refractivity contribution is 7.89. The molecule has 3 N–H and O–H groups in total. The summed E-state index contributed by atoms with van der Waals surface area (Å²) >= 11 is -1.25. The number of aryl methyl sites for hydroxylation is 2. The lowest BCUT2D eigenvalue weighted by molar-refractivity contribution is -0.133. The minimum atomic E-state index is -1.25. The van der Waals surface area contributed by atoms with Gasteiger partial charge in [-0.3, -0.25) is 14.5 Å². The first-order chi connectivity index (χ1) is 18.2. The Labute approximate surface area is 236 Å². The number of carbonyl (C=O) groups is 3. The van der Waals surface area contributed by atoms with Crippen LogP contribution in [0.4, 0.5) is 10.5 Å². The van der Waals surface area contributed by atoms with E-state index in [0.717, 1.165) is 41.6 Å². The summed E-state index contributed by atoms with van der Waals surface area (Å²) < 4.78 is 20.5. The number of amides is 3. The van der Waals surface area contributed by atoms with Crippen molar-refractivity contribution in [1.82, 2.24) is 9.62 Å². The zero-order chi connectivity index (χ0) is 29.4. The van der Waals surface area contributed by atoms with Crippen LogP contribution in [0.1, 0.15) is 76.0 Å². The number of hydrogen-bond acceptors (Lipinski definition) is 6. The quantitative estimate of drug-likeness (QED) is 0.225. The fourth-order valence-electron chi connectivity index (χ4n) is 4.72. The Kier molecular flexibility index (Phi) is 11.9. The highest BCUT2D eigenvalue weighted by Crippen LogP contribution is 2.27. The molecule has 9 nitrogen and oxygen atoms in total. The van der Waals surface area contributed by atoms with Crippen LogP contribution in [-0.4, -0.2) is 63.8 Å². The maximum Gasteiger partial charge on any atom is 0.414 e. The van der Waals surface area contributed by atoms with Crippen molar-refractivity contribution in [3.05, 3.63) is 41.5 Å². The number of nitrogens with two attached hydrogens (primary N) is 1. The molecule has 1 fully saturated rings. The van der Waals surface area contributed by atoms with E-state index in [-0.39, 0.29) is 5.91 Å². The summed E-state index contributed by atoms with van der Waals surface area (Å²) in [5, 5.41) is 2.87. The normalized spacial score (nSPS) is 16.3. The molecule has 1 aliphatic rings. The molecule has 1 aromatic rings. The van der Waals surface area contributed by atoms with Gasteiger partial charge in [-0.2, -0.15) is 0 Å². The van der Waals surface area contributed by atoms with Crippen LogP contribution in [0, 0.1) is 13.8 Å². The fraction of sp³-hybridized carbons (Fsp3) is 0.621. The number of unbranched alkanes of at least 4 members (excludes halogenated alkanes) is 2. The summed E-state index contributed by atoms with van der Waals surface area (Å²) in [6.45, 7) is 14.0. The molecule has 1 saturated heterocycles. The number of ether oxygens (including phenoxy) is 1. The Hall–Kier alpha value is -2.56. The number of allylic oxidation sites excluding steroid dienone is 1. The van der Waals surface area contributed by atoms with E-state index in [4.69, 9.17) is 10.5 Å². The van der Waals surface area contributed by atoms with Crippen LogP contribution in [0.15, 0.2) is 24.8 Å². The van der Waals surface area contributed by atoms with Crippen LogP contribution in [-0.2, 0) is 32.1 Å². The van der Waals surface area contributed by atoms with E-state index in [2.05, 4.69) is 11.9 Å². The maximum absolute atomic E-state index is 13.2. The largest absolute Gasteiger partial charge is 0.598 e. The highest BCUT2D eigenvalue weighted by atomic mass is 32.2. The van der Waals surface area contributed by atoms with Gasteiger partial charge >= 0.3 is 6.09 Å². The molecular weight excluding hydrogens is 516 g/mol. The van der Waals surface area contributed by atoms with E-state index in [1.165, 1.54) is 4.90 Å². The Morgan fingerprint density at radius 2 is 1.79 bits per heavy atom. The van der Waals surface area contributed by atoms with E-state index < -0.39 is 34.5 Å². The number of primary amides is 1. The Morgan fingerprint density at radius 1 is 1.21 bits per heavy atom. The molecule has 0 aliphatic carbocycles. The van der Waals surface area contributed by atoms with Gasteiger partial charge in [-0.05, 0) is 95.5 Å². The predicted molar refractivity (Wildman–Crippen MR) is 157 cm³/mol. The van der Waals surface area contributed by atoms with Gasteiger partial charge in [0.05, 0.1) is 0 Å². The van der Waals surface area contributed by atoms with Gasteiger partial charge in [-0.1, -0.05) is 6.08 Å². The van der Waals surface area contributed by atoms with Gasteiger partial charge in [-0.15, -0.1) is 10.9 Å². The van der Waals surface area contributed by atoms with Crippen LogP contribution in [0.2, 0.25) is 0 Å². The fourth-order valence-corrected chi connectivity index (χ4v) is 5.95. The minimum Gasteiger partial charge on any atom is -0.598 e. The standard InChI is InChI=1S/C29H46N4O5S/c1-8-9-10-11-12-25(34)31-29(26(30)35)14-16-33(17-15-29)39(37)18-13-24-21(2)19-23(20-22(24)3)32(7)27(36)38-28(4,5)6/h8,19-20H,1,9-18H2,2-7H3,(H2,30,35)(H,31,34). The topological polar surface area (TPSA) is 128 Å². The molecule has 0 spiro atoms. The predicted octanol–water partition coefficient (Wildman–Crippen LogP) is 4.06. The first kappa shape index (κ1) is 32.7. The van der Waals surface area contributed by atoms with Gasteiger partial charge in [0.15, 0.2) is 0 Å². The molecule has 1 unspecified atom stereocenters. The molecule has 2 rings (SSSR count). The summed E-state index contributed by atoms with van der Waals surface area (Å²) in [4.78, 5) is 38.7. The van der Waals surface area contributed by atoms with Gasteiger partial charge in [0.25, 0.3) is 0 Å². The third-order valence-corrected chi connectivity index (χ3v) is 8.53. The number of benzene rings is 1. The van der Waals surface area contributed by atoms with E-state index in [0.29, 0.717) is 44.5 Å². The molecule has 1 heterocycles. The van der Waals surface area contributed by atoms with Crippen LogP contribution in [0.25, 0.3) is 0 Å². The van der Waals surface area contributed by atoms with Crippen molar-refractivity contribution in [2.24, 2.45) is 5.73 Å². The smallest absolute Gasteiger partial charge is 0.414 e. The summed E-state index contributed by atoms with van der Waals surface area (Å²) in [6.07, 6.45) is 5.45. The minimum absolute atomic E-state index is 0.181. The molecule has 0 bridgehead atoms. The lowest BCUT2D eigenvalue weighted by Gasteiger charge is -2.39. The molecule has 218 valence electrons. The first-order valence-electron chi connectivity index (χ1n) is 13.6. The van der Waals surface area contributed by atoms with E-state index in [1.54, 1.807) is 7.05 Å². The van der Waals surface area contributed by atoms with E-state index >= 15 is 0 Å². The molecule has 3 amide bonds. The number of carbonyl (C=O) groups excluding carboxylic acids is 3. The second-order valence-corrected chi connectivity index (χ2v) is 12.9. The molecule has 0 saturated carbocycles. The first-order valence-corrected chi connectivity index (χ1v) is 14.9. The van der Waals surface area contributed by atoms with E-state index in [1.807, 2.05) is 57.1 Å². The third kappa shape index (κ3) is 9.54. The molecule has 39 heavy (non-hydrogen) atoms. The lowest BCUT2D eigenvalue weighted by Crippen LogP contribution is -2.62. The lowest BCUT2D eigenvalue weighted by atomic mass is 9.87. The van der Waals surface area contributed by atoms with Gasteiger partial charge in [0.2, 0.25) is 11.8 Å². The number of hydrogen-bond donors (Lipinski definition) is 2. The van der Waals surface area contributed by atoms with Crippen LogP contribution in [0.3, 0.4) is 0 Å². The van der Waals surface area contributed by atoms with E-state index in [9.17, 15) is 18.9 Å². The summed E-state index contributed by atoms with van der Waals surface area (Å²) in [7, 11) is 1.69. The van der Waals surface area contributed by atoms with Crippen LogP contribution >= 0.6 is 0 Å². The van der Waals surface area contributed by atoms with Crippen molar-refractivity contribution >= 4 is 35.0 Å². The highest BCUT2D eigenvalue weighted by Gasteiger charge is 2.43. The SMILES string of the molecule is C=CCCCCC(=O)NC1(C(N)=O)CCN([S+]([O-])CCc2c(C)cc(N(C)C(=O)OC(C)(C)C)cc2C)CC1. The van der Waals surface area contributed by atoms with Gasteiger partial charge in [0.1, 0.15) is 16.9 Å². The number of nitrogens with one attached hydrogen (secondary N) is 1. The van der Waals surface area contributed by atoms with Crippen molar-refractivity contribution in [1.29, 1.82) is 0 Å². The van der Waals surface area contributed by atoms with Crippen molar-refractivity contribution in [2.45, 2.75) is 90.7 Å². The van der Waals surface area contributed by atoms with Crippen molar-refractivity contribution in [3.8, 4) is 0 Å². The average molecular weight is 563 g/mol. The van der Waals surface area contributed by atoms with Crippen molar-refractivity contribution in [3.63, 3.8) is 0 Å². The van der Waals surface area contributed by atoms with Gasteiger partial charge in [-0.25, -0.2) is 4.79 Å². The summed E-state index contributed by atoms with van der Waals surface area (Å²) in [6, 6.07) is 3.88. The average Bonchev–Trinajstić information content (AvgIpc) is 2.84. The molecule has 0 aromatic heterocycles. The van der Waals surface area contributed by atoms with Crippen molar-refractivity contribution in [2.75, 3.05) is 30.8 Å². The molecule has 1 aromatic carbocycles. The number of rotatable bonds is 12. The zero-order valence-corrected chi connectivity index (χ0v) is 25.2. The van der Waals surface area contributed by atoms with Crippen molar-refractivity contribution < 1.29 is 23.7 Å². The molecule has 10 heteroatoms. The van der Waals surface area contributed by atoms with Gasteiger partial charge in [0, 0.05) is 50.0 Å². The summed E-state index contributed by atoms with van der Waals surface area (Å²) in [5.41, 5.74) is 7.89. The van der Waals surface area contributed by atoms with Gasteiger partial charge < -0.3 is 20.3 Å². The maximum atomic E-state index is 13.2. The summed E-state index contributed by atoms with van der Waals surface area (Å²) in [5.74, 6) is -0.295. The number of anilines is 1. The Morgan fingerprint density at radius 3 is 2.31 bits per heavy atom. The third-order valence-electron chi connectivity index (χ3n) is 7.04. The molecule has 0 radical (unpaired) electrons. The monoisotopic (exact) mass is 562 g/mol. The van der Waals surface area contributed by atoms with Crippen LogP contribution in [0.5, 0.6) is 0 Å². The Balaban J connectivity index is 1.95. The second kappa shape index (κ2) is 14.2.